The number of nitrogens with one attached hydrogen (secondary N) is 2. The van der Waals surface area contributed by atoms with E-state index in [-0.39, 0.29) is 5.91 Å². The Balaban J connectivity index is 1.97. The molecule has 1 aromatic carbocycles. The summed E-state index contributed by atoms with van der Waals surface area (Å²) in [4.78, 5) is 16.3. The molecule has 0 radical (unpaired) electrons. The summed E-state index contributed by atoms with van der Waals surface area (Å²) in [6, 6.07) is 11.3. The van der Waals surface area contributed by atoms with Crippen LogP contribution >= 0.6 is 0 Å². The highest BCUT2D eigenvalue weighted by Gasteiger charge is 2.07. The fourth-order valence-electron chi connectivity index (χ4n) is 1.79. The van der Waals surface area contributed by atoms with Crippen LogP contribution in [0.1, 0.15) is 29.9 Å². The molecule has 0 saturated carbocycles. The number of amides is 1. The first kappa shape index (κ1) is 15.0. The molecule has 1 heterocycles. The first-order valence-electron chi connectivity index (χ1n) is 7.12. The molecule has 0 aliphatic carbocycles. The summed E-state index contributed by atoms with van der Waals surface area (Å²) in [5.74, 6) is 0.365. The fraction of sp³-hybridized carbons (Fsp3) is 0.294. The smallest absolute Gasteiger partial charge is 0.274 e. The van der Waals surface area contributed by atoms with Crippen LogP contribution < -0.4 is 10.6 Å². The number of benzene rings is 1. The van der Waals surface area contributed by atoms with Gasteiger partial charge in [-0.15, -0.1) is 0 Å². The quantitative estimate of drug-likeness (QED) is 0.879. The summed E-state index contributed by atoms with van der Waals surface area (Å²) in [7, 11) is 0. The number of aromatic nitrogens is 1. The number of carbonyl (C=O) groups is 1. The van der Waals surface area contributed by atoms with Gasteiger partial charge in [-0.25, -0.2) is 4.98 Å². The van der Waals surface area contributed by atoms with Gasteiger partial charge in [-0.1, -0.05) is 31.5 Å². The van der Waals surface area contributed by atoms with Crippen molar-refractivity contribution >= 4 is 17.3 Å². The number of aryl methyl sites for hydroxylation is 1. The zero-order valence-corrected chi connectivity index (χ0v) is 12.7. The average Bonchev–Trinajstić information content (AvgIpc) is 2.48. The van der Waals surface area contributed by atoms with Crippen LogP contribution in [0.5, 0.6) is 0 Å². The van der Waals surface area contributed by atoms with Gasteiger partial charge in [0.15, 0.2) is 0 Å². The van der Waals surface area contributed by atoms with Crippen LogP contribution in [-0.4, -0.2) is 17.4 Å². The third-order valence-corrected chi connectivity index (χ3v) is 3.02. The SMILES string of the molecule is Cc1ccc(NC(=O)c2ccc(NCC(C)C)cn2)cc1. The molecule has 1 amide bonds. The normalized spacial score (nSPS) is 10.5. The Morgan fingerprint density at radius 1 is 1.10 bits per heavy atom. The van der Waals surface area contributed by atoms with Crippen molar-refractivity contribution in [1.29, 1.82) is 0 Å². The van der Waals surface area contributed by atoms with Crippen LogP contribution in [0.2, 0.25) is 0 Å². The van der Waals surface area contributed by atoms with E-state index in [0.29, 0.717) is 11.6 Å². The number of anilines is 2. The standard InChI is InChI=1S/C17H21N3O/c1-12(2)10-18-15-8-9-16(19-11-15)17(21)20-14-6-4-13(3)5-7-14/h4-9,11-12,18H,10H2,1-3H3,(H,20,21). The van der Waals surface area contributed by atoms with Gasteiger partial charge in [0, 0.05) is 12.2 Å². The lowest BCUT2D eigenvalue weighted by molar-refractivity contribution is 0.102. The first-order chi connectivity index (χ1) is 10.0. The molecule has 4 heteroatoms. The van der Waals surface area contributed by atoms with Crippen LogP contribution in [0.15, 0.2) is 42.6 Å². The molecule has 2 rings (SSSR count). The van der Waals surface area contributed by atoms with Crippen molar-refractivity contribution in [3.05, 3.63) is 53.9 Å². The molecule has 0 saturated heterocycles. The van der Waals surface area contributed by atoms with Crippen molar-refractivity contribution in [2.24, 2.45) is 5.92 Å². The van der Waals surface area contributed by atoms with Crippen LogP contribution in [0.3, 0.4) is 0 Å². The van der Waals surface area contributed by atoms with E-state index < -0.39 is 0 Å². The molecule has 21 heavy (non-hydrogen) atoms. The Bertz CT molecular complexity index is 588. The molecule has 0 bridgehead atoms. The molecular weight excluding hydrogens is 262 g/mol. The highest BCUT2D eigenvalue weighted by molar-refractivity contribution is 6.02. The Morgan fingerprint density at radius 2 is 1.76 bits per heavy atom. The number of rotatable bonds is 5. The van der Waals surface area contributed by atoms with E-state index in [2.05, 4.69) is 29.5 Å². The lowest BCUT2D eigenvalue weighted by atomic mass is 10.2. The average molecular weight is 283 g/mol. The summed E-state index contributed by atoms with van der Waals surface area (Å²) in [5, 5.41) is 6.11. The van der Waals surface area contributed by atoms with Crippen LogP contribution in [0.25, 0.3) is 0 Å². The number of carbonyl (C=O) groups excluding carboxylic acids is 1. The van der Waals surface area contributed by atoms with Crippen LogP contribution in [0.4, 0.5) is 11.4 Å². The zero-order valence-electron chi connectivity index (χ0n) is 12.7. The van der Waals surface area contributed by atoms with Gasteiger partial charge in [-0.2, -0.15) is 0 Å². The lowest BCUT2D eigenvalue weighted by Crippen LogP contribution is -2.14. The minimum Gasteiger partial charge on any atom is -0.384 e. The Morgan fingerprint density at radius 3 is 2.33 bits per heavy atom. The molecule has 0 unspecified atom stereocenters. The summed E-state index contributed by atoms with van der Waals surface area (Å²) in [6.45, 7) is 7.18. The van der Waals surface area contributed by atoms with Crippen molar-refractivity contribution in [2.45, 2.75) is 20.8 Å². The van der Waals surface area contributed by atoms with Gasteiger partial charge in [-0.05, 0) is 37.1 Å². The van der Waals surface area contributed by atoms with Gasteiger partial charge in [0.2, 0.25) is 0 Å². The topological polar surface area (TPSA) is 54.0 Å². The van der Waals surface area contributed by atoms with Crippen LogP contribution in [0, 0.1) is 12.8 Å². The van der Waals surface area contributed by atoms with E-state index in [9.17, 15) is 4.79 Å². The summed E-state index contributed by atoms with van der Waals surface area (Å²) < 4.78 is 0. The monoisotopic (exact) mass is 283 g/mol. The lowest BCUT2D eigenvalue weighted by Gasteiger charge is -2.09. The van der Waals surface area contributed by atoms with Crippen molar-refractivity contribution in [1.82, 2.24) is 4.98 Å². The van der Waals surface area contributed by atoms with E-state index in [1.54, 1.807) is 12.3 Å². The molecule has 2 N–H and O–H groups in total. The minimum atomic E-state index is -0.200. The number of hydrogen-bond donors (Lipinski definition) is 2. The number of pyridine rings is 1. The maximum Gasteiger partial charge on any atom is 0.274 e. The second-order valence-electron chi connectivity index (χ2n) is 5.53. The van der Waals surface area contributed by atoms with E-state index in [4.69, 9.17) is 0 Å². The molecule has 1 aromatic heterocycles. The van der Waals surface area contributed by atoms with E-state index in [1.807, 2.05) is 37.3 Å². The van der Waals surface area contributed by atoms with E-state index in [0.717, 1.165) is 23.5 Å². The number of nitrogens with zero attached hydrogens (tertiary/aromatic N) is 1. The molecule has 2 aromatic rings. The van der Waals surface area contributed by atoms with Crippen molar-refractivity contribution in [3.8, 4) is 0 Å². The minimum absolute atomic E-state index is 0.200. The second kappa shape index (κ2) is 6.88. The molecule has 0 aliphatic rings. The van der Waals surface area contributed by atoms with E-state index >= 15 is 0 Å². The highest BCUT2D eigenvalue weighted by atomic mass is 16.1. The van der Waals surface area contributed by atoms with Crippen molar-refractivity contribution in [3.63, 3.8) is 0 Å². The van der Waals surface area contributed by atoms with Crippen molar-refractivity contribution < 1.29 is 4.79 Å². The predicted molar refractivity (Wildman–Crippen MR) is 86.7 cm³/mol. The van der Waals surface area contributed by atoms with Crippen molar-refractivity contribution in [2.75, 3.05) is 17.2 Å². The van der Waals surface area contributed by atoms with Gasteiger partial charge in [0.05, 0.1) is 11.9 Å². The van der Waals surface area contributed by atoms with Gasteiger partial charge in [0.25, 0.3) is 5.91 Å². The molecule has 0 fully saturated rings. The van der Waals surface area contributed by atoms with Gasteiger partial charge in [0.1, 0.15) is 5.69 Å². The Labute approximate surface area is 125 Å². The Hall–Kier alpha value is -2.36. The van der Waals surface area contributed by atoms with Gasteiger partial charge in [-0.3, -0.25) is 4.79 Å². The summed E-state index contributed by atoms with van der Waals surface area (Å²) in [6.07, 6.45) is 1.69. The molecule has 4 nitrogen and oxygen atoms in total. The maximum atomic E-state index is 12.1. The van der Waals surface area contributed by atoms with E-state index in [1.165, 1.54) is 0 Å². The van der Waals surface area contributed by atoms with Gasteiger partial charge < -0.3 is 10.6 Å². The number of hydrogen-bond acceptors (Lipinski definition) is 3. The molecular formula is C17H21N3O. The molecule has 0 spiro atoms. The highest BCUT2D eigenvalue weighted by Crippen LogP contribution is 2.11. The summed E-state index contributed by atoms with van der Waals surface area (Å²) in [5.41, 5.74) is 3.27. The third kappa shape index (κ3) is 4.60. The second-order valence-corrected chi connectivity index (χ2v) is 5.53. The third-order valence-electron chi connectivity index (χ3n) is 3.02. The molecule has 0 aliphatic heterocycles. The maximum absolute atomic E-state index is 12.1. The summed E-state index contributed by atoms with van der Waals surface area (Å²) >= 11 is 0. The van der Waals surface area contributed by atoms with Gasteiger partial charge >= 0.3 is 0 Å². The molecule has 0 atom stereocenters. The first-order valence-corrected chi connectivity index (χ1v) is 7.12. The zero-order chi connectivity index (χ0) is 15.2. The predicted octanol–water partition coefficient (Wildman–Crippen LogP) is 3.71. The largest absolute Gasteiger partial charge is 0.384 e. The molecule has 110 valence electrons. The Kier molecular flexibility index (Phi) is 4.93. The van der Waals surface area contributed by atoms with Crippen LogP contribution in [-0.2, 0) is 0 Å². The fourth-order valence-corrected chi connectivity index (χ4v) is 1.79.